The number of rotatable bonds is 5. The van der Waals surface area contributed by atoms with Crippen LogP contribution in [0.25, 0.3) is 0 Å². The van der Waals surface area contributed by atoms with Crippen molar-refractivity contribution in [3.05, 3.63) is 33.8 Å². The van der Waals surface area contributed by atoms with Crippen LogP contribution in [-0.4, -0.2) is 18.5 Å². The van der Waals surface area contributed by atoms with Gasteiger partial charge in [-0.05, 0) is 50.4 Å². The number of carbonyl (C=O) groups is 1. The van der Waals surface area contributed by atoms with Crippen LogP contribution in [0.2, 0.25) is 10.0 Å². The third kappa shape index (κ3) is 5.67. The van der Waals surface area contributed by atoms with Gasteiger partial charge >= 0.3 is 0 Å². The maximum absolute atomic E-state index is 11.9. The van der Waals surface area contributed by atoms with Crippen LogP contribution < -0.4 is 10.6 Å². The minimum atomic E-state index is -0.0613. The summed E-state index contributed by atoms with van der Waals surface area (Å²) in [6.45, 7) is 3.03. The third-order valence-corrected chi connectivity index (χ3v) is 4.44. The summed E-state index contributed by atoms with van der Waals surface area (Å²) in [5.74, 6) is 0.0808. The second kappa shape index (κ2) is 8.84. The van der Waals surface area contributed by atoms with Crippen LogP contribution in [0, 0.1) is 0 Å². The minimum Gasteiger partial charge on any atom is -0.350 e. The van der Waals surface area contributed by atoms with Crippen molar-refractivity contribution in [3.8, 4) is 0 Å². The zero-order chi connectivity index (χ0) is 14.5. The van der Waals surface area contributed by atoms with Crippen molar-refractivity contribution in [3.63, 3.8) is 0 Å². The molecule has 0 radical (unpaired) electrons. The Balaban J connectivity index is 0.00000220. The van der Waals surface area contributed by atoms with E-state index in [0.29, 0.717) is 22.5 Å². The zero-order valence-corrected chi connectivity index (χ0v) is 14.3. The molecule has 0 aliphatic carbocycles. The first kappa shape index (κ1) is 18.6. The topological polar surface area (TPSA) is 41.1 Å². The lowest BCUT2D eigenvalue weighted by Crippen LogP contribution is -2.29. The highest BCUT2D eigenvalue weighted by atomic mass is 35.5. The molecule has 0 bridgehead atoms. The van der Waals surface area contributed by atoms with Crippen molar-refractivity contribution in [1.82, 2.24) is 10.6 Å². The Hall–Kier alpha value is -0.480. The van der Waals surface area contributed by atoms with Gasteiger partial charge in [0.2, 0.25) is 5.91 Å². The van der Waals surface area contributed by atoms with Gasteiger partial charge in [0.25, 0.3) is 0 Å². The molecule has 118 valence electrons. The molecular formula is C15H21Cl3N2O. The molecule has 1 heterocycles. The molecule has 1 aromatic rings. The lowest BCUT2D eigenvalue weighted by atomic mass is 10.1. The van der Waals surface area contributed by atoms with E-state index in [-0.39, 0.29) is 24.4 Å². The fourth-order valence-corrected chi connectivity index (χ4v) is 2.79. The Morgan fingerprint density at radius 1 is 1.43 bits per heavy atom. The number of hydrogen-bond acceptors (Lipinski definition) is 2. The van der Waals surface area contributed by atoms with Crippen molar-refractivity contribution in [2.75, 3.05) is 6.54 Å². The number of halogens is 3. The van der Waals surface area contributed by atoms with E-state index in [4.69, 9.17) is 23.2 Å². The molecule has 2 N–H and O–H groups in total. The fourth-order valence-electron chi connectivity index (χ4n) is 2.49. The quantitative estimate of drug-likeness (QED) is 0.837. The monoisotopic (exact) mass is 350 g/mol. The number of hydrogen-bond donors (Lipinski definition) is 2. The second-order valence-corrected chi connectivity index (χ2v) is 6.11. The largest absolute Gasteiger partial charge is 0.350 e. The Bertz CT molecular complexity index is 476. The molecule has 2 unspecified atom stereocenters. The van der Waals surface area contributed by atoms with Gasteiger partial charge in [0.1, 0.15) is 0 Å². The molecule has 0 spiro atoms. The van der Waals surface area contributed by atoms with Crippen molar-refractivity contribution in [2.45, 2.75) is 44.7 Å². The maximum Gasteiger partial charge on any atom is 0.220 e. The Labute approximate surface area is 142 Å². The Morgan fingerprint density at radius 2 is 2.19 bits per heavy atom. The summed E-state index contributed by atoms with van der Waals surface area (Å²) in [4.78, 5) is 11.9. The van der Waals surface area contributed by atoms with Gasteiger partial charge in [0.15, 0.2) is 0 Å². The molecule has 1 aliphatic heterocycles. The van der Waals surface area contributed by atoms with Crippen LogP contribution in [0.4, 0.5) is 0 Å². The number of amides is 1. The molecule has 1 aliphatic rings. The molecule has 1 saturated heterocycles. The van der Waals surface area contributed by atoms with Crippen LogP contribution in [-0.2, 0) is 4.79 Å². The van der Waals surface area contributed by atoms with E-state index in [0.717, 1.165) is 18.5 Å². The van der Waals surface area contributed by atoms with Gasteiger partial charge in [-0.1, -0.05) is 29.3 Å². The van der Waals surface area contributed by atoms with Crippen molar-refractivity contribution in [2.24, 2.45) is 0 Å². The van der Waals surface area contributed by atoms with Gasteiger partial charge in [-0.3, -0.25) is 4.79 Å². The first-order chi connectivity index (χ1) is 9.56. The van der Waals surface area contributed by atoms with Crippen LogP contribution in [0.15, 0.2) is 18.2 Å². The van der Waals surface area contributed by atoms with Crippen molar-refractivity contribution < 1.29 is 4.79 Å². The summed E-state index contributed by atoms with van der Waals surface area (Å²) in [6, 6.07) is 5.88. The predicted molar refractivity (Wildman–Crippen MR) is 90.5 cm³/mol. The van der Waals surface area contributed by atoms with Crippen LogP contribution in [0.5, 0.6) is 0 Å². The highest BCUT2D eigenvalue weighted by molar-refractivity contribution is 6.42. The molecule has 0 saturated carbocycles. The summed E-state index contributed by atoms with van der Waals surface area (Å²) >= 11 is 11.9. The molecule has 1 amide bonds. The Morgan fingerprint density at radius 3 is 2.81 bits per heavy atom. The van der Waals surface area contributed by atoms with Gasteiger partial charge in [0.05, 0.1) is 16.1 Å². The van der Waals surface area contributed by atoms with Crippen LogP contribution in [0.3, 0.4) is 0 Å². The van der Waals surface area contributed by atoms with E-state index in [9.17, 15) is 4.79 Å². The van der Waals surface area contributed by atoms with Gasteiger partial charge in [-0.2, -0.15) is 0 Å². The summed E-state index contributed by atoms with van der Waals surface area (Å²) in [5.41, 5.74) is 0.965. The van der Waals surface area contributed by atoms with E-state index in [1.54, 1.807) is 12.1 Å². The van der Waals surface area contributed by atoms with Crippen LogP contribution >= 0.6 is 35.6 Å². The first-order valence-corrected chi connectivity index (χ1v) is 7.79. The third-order valence-electron chi connectivity index (χ3n) is 3.70. The average Bonchev–Trinajstić information content (AvgIpc) is 2.92. The predicted octanol–water partition coefficient (Wildman–Crippen LogP) is 4.12. The van der Waals surface area contributed by atoms with Crippen molar-refractivity contribution >= 4 is 41.5 Å². The van der Waals surface area contributed by atoms with E-state index in [1.165, 1.54) is 12.8 Å². The van der Waals surface area contributed by atoms with Gasteiger partial charge in [-0.25, -0.2) is 0 Å². The smallest absolute Gasteiger partial charge is 0.220 e. The molecule has 2 rings (SSSR count). The minimum absolute atomic E-state index is 0. The van der Waals surface area contributed by atoms with Gasteiger partial charge < -0.3 is 10.6 Å². The number of carbonyl (C=O) groups excluding carboxylic acids is 1. The summed E-state index contributed by atoms with van der Waals surface area (Å²) < 4.78 is 0. The number of nitrogens with one attached hydrogen (secondary N) is 2. The lowest BCUT2D eigenvalue weighted by Gasteiger charge is -2.16. The zero-order valence-electron chi connectivity index (χ0n) is 12.0. The average molecular weight is 352 g/mol. The maximum atomic E-state index is 11.9. The van der Waals surface area contributed by atoms with Gasteiger partial charge in [-0.15, -0.1) is 12.4 Å². The highest BCUT2D eigenvalue weighted by Crippen LogP contribution is 2.25. The molecule has 6 heteroatoms. The van der Waals surface area contributed by atoms with E-state index in [2.05, 4.69) is 10.6 Å². The first-order valence-electron chi connectivity index (χ1n) is 7.04. The van der Waals surface area contributed by atoms with E-state index >= 15 is 0 Å². The standard InChI is InChI=1S/C15H20Cl2N2O.ClH/c1-10(11-4-6-13(16)14(17)9-11)19-15(20)7-5-12-3-2-8-18-12;/h4,6,9-10,12,18H,2-3,5,7-8H2,1H3,(H,19,20);1H. The lowest BCUT2D eigenvalue weighted by molar-refractivity contribution is -0.121. The normalized spacial score (nSPS) is 18.9. The summed E-state index contributed by atoms with van der Waals surface area (Å²) in [7, 11) is 0. The van der Waals surface area contributed by atoms with E-state index < -0.39 is 0 Å². The molecule has 0 aromatic heterocycles. The van der Waals surface area contributed by atoms with Gasteiger partial charge in [0, 0.05) is 12.5 Å². The second-order valence-electron chi connectivity index (χ2n) is 5.29. The number of benzene rings is 1. The fraction of sp³-hybridized carbons (Fsp3) is 0.533. The SMILES string of the molecule is CC(NC(=O)CCC1CCCN1)c1ccc(Cl)c(Cl)c1.Cl. The molecule has 3 nitrogen and oxygen atoms in total. The molecular weight excluding hydrogens is 331 g/mol. The summed E-state index contributed by atoms with van der Waals surface area (Å²) in [5, 5.41) is 7.44. The highest BCUT2D eigenvalue weighted by Gasteiger charge is 2.16. The van der Waals surface area contributed by atoms with Crippen LogP contribution in [0.1, 0.15) is 44.2 Å². The molecule has 2 atom stereocenters. The van der Waals surface area contributed by atoms with E-state index in [1.807, 2.05) is 13.0 Å². The molecule has 21 heavy (non-hydrogen) atoms. The summed E-state index contributed by atoms with van der Waals surface area (Å²) in [6.07, 6.45) is 3.85. The molecule has 1 fully saturated rings. The Kier molecular flexibility index (Phi) is 7.82. The molecule has 1 aromatic carbocycles. The van der Waals surface area contributed by atoms with Crippen molar-refractivity contribution in [1.29, 1.82) is 0 Å².